The zero-order chi connectivity index (χ0) is 14.1. The molecule has 3 nitrogen and oxygen atoms in total. The zero-order valence-corrected chi connectivity index (χ0v) is 11.9. The predicted molar refractivity (Wildman–Crippen MR) is 80.1 cm³/mol. The van der Waals surface area contributed by atoms with Gasteiger partial charge in [0.15, 0.2) is 6.29 Å². The summed E-state index contributed by atoms with van der Waals surface area (Å²) in [5.74, 6) is 0.427. The third kappa shape index (κ3) is 2.48. The van der Waals surface area contributed by atoms with E-state index in [1.807, 2.05) is 6.07 Å². The Hall–Kier alpha value is -1.68. The summed E-state index contributed by atoms with van der Waals surface area (Å²) in [6.45, 7) is 1.59. The topological polar surface area (TPSA) is 21.7 Å². The van der Waals surface area contributed by atoms with E-state index in [-0.39, 0.29) is 12.3 Å². The number of benzene rings is 2. The SMILES string of the molecule is c1ccc(CN2O[C@@H]3OCC[C@@H]3[C@@H]2c2ccccc2)cc1. The van der Waals surface area contributed by atoms with Crippen LogP contribution in [0.5, 0.6) is 0 Å². The average Bonchev–Trinajstić information content (AvgIpc) is 3.09. The molecule has 0 aromatic heterocycles. The lowest BCUT2D eigenvalue weighted by atomic mass is 9.92. The average molecular weight is 281 g/mol. The maximum Gasteiger partial charge on any atom is 0.182 e. The molecule has 21 heavy (non-hydrogen) atoms. The fourth-order valence-electron chi connectivity index (χ4n) is 3.37. The molecule has 2 heterocycles. The van der Waals surface area contributed by atoms with E-state index < -0.39 is 0 Å². The maximum absolute atomic E-state index is 6.07. The molecule has 0 bridgehead atoms. The Morgan fingerprint density at radius 3 is 2.43 bits per heavy atom. The smallest absolute Gasteiger partial charge is 0.182 e. The molecule has 0 aliphatic carbocycles. The van der Waals surface area contributed by atoms with Crippen LogP contribution in [0.1, 0.15) is 23.6 Å². The molecule has 0 saturated carbocycles. The molecule has 2 aliphatic heterocycles. The monoisotopic (exact) mass is 281 g/mol. The zero-order valence-electron chi connectivity index (χ0n) is 11.9. The van der Waals surface area contributed by atoms with Gasteiger partial charge in [-0.1, -0.05) is 60.7 Å². The molecule has 0 N–H and O–H groups in total. The van der Waals surface area contributed by atoms with Crippen LogP contribution >= 0.6 is 0 Å². The van der Waals surface area contributed by atoms with Gasteiger partial charge in [0.05, 0.1) is 12.6 Å². The summed E-state index contributed by atoms with van der Waals surface area (Å²) < 4.78 is 5.73. The van der Waals surface area contributed by atoms with Crippen LogP contribution in [0.2, 0.25) is 0 Å². The van der Waals surface area contributed by atoms with Crippen molar-refractivity contribution in [1.82, 2.24) is 5.06 Å². The molecule has 2 fully saturated rings. The summed E-state index contributed by atoms with van der Waals surface area (Å²) in [6, 6.07) is 21.4. The Morgan fingerprint density at radius 2 is 1.67 bits per heavy atom. The molecular formula is C18H19NO2. The van der Waals surface area contributed by atoms with E-state index in [0.717, 1.165) is 19.6 Å². The quantitative estimate of drug-likeness (QED) is 0.859. The normalized spacial score (nSPS) is 28.7. The van der Waals surface area contributed by atoms with Crippen molar-refractivity contribution in [1.29, 1.82) is 0 Å². The summed E-state index contributed by atoms with van der Waals surface area (Å²) in [7, 11) is 0. The van der Waals surface area contributed by atoms with Crippen molar-refractivity contribution < 1.29 is 9.57 Å². The van der Waals surface area contributed by atoms with Crippen LogP contribution in [0.25, 0.3) is 0 Å². The first-order chi connectivity index (χ1) is 10.4. The minimum atomic E-state index is -0.0843. The summed E-state index contributed by atoms with van der Waals surface area (Å²) in [4.78, 5) is 6.07. The van der Waals surface area contributed by atoms with E-state index in [1.165, 1.54) is 11.1 Å². The highest BCUT2D eigenvalue weighted by Crippen LogP contribution is 2.45. The molecule has 2 saturated heterocycles. The molecule has 0 radical (unpaired) electrons. The maximum atomic E-state index is 6.07. The van der Waals surface area contributed by atoms with Gasteiger partial charge >= 0.3 is 0 Å². The van der Waals surface area contributed by atoms with Crippen LogP contribution in [-0.2, 0) is 16.1 Å². The van der Waals surface area contributed by atoms with Crippen molar-refractivity contribution in [2.45, 2.75) is 25.3 Å². The third-order valence-corrected chi connectivity index (χ3v) is 4.36. The summed E-state index contributed by atoms with van der Waals surface area (Å²) >= 11 is 0. The van der Waals surface area contributed by atoms with Gasteiger partial charge < -0.3 is 4.74 Å². The van der Waals surface area contributed by atoms with Gasteiger partial charge in [0.2, 0.25) is 0 Å². The second-order valence-electron chi connectivity index (χ2n) is 5.71. The number of fused-ring (bicyclic) bond motifs is 1. The molecule has 4 rings (SSSR count). The van der Waals surface area contributed by atoms with Crippen molar-refractivity contribution in [3.8, 4) is 0 Å². The summed E-state index contributed by atoms with van der Waals surface area (Å²) in [6.07, 6.45) is 0.981. The number of hydrogen-bond acceptors (Lipinski definition) is 3. The summed E-state index contributed by atoms with van der Waals surface area (Å²) in [5.41, 5.74) is 2.57. The van der Waals surface area contributed by atoms with Gasteiger partial charge in [0.1, 0.15) is 0 Å². The molecule has 3 heteroatoms. The largest absolute Gasteiger partial charge is 0.350 e. The van der Waals surface area contributed by atoms with Crippen molar-refractivity contribution in [2.75, 3.05) is 6.61 Å². The van der Waals surface area contributed by atoms with E-state index in [4.69, 9.17) is 9.57 Å². The molecule has 108 valence electrons. The lowest BCUT2D eigenvalue weighted by Gasteiger charge is -2.25. The van der Waals surface area contributed by atoms with E-state index in [1.54, 1.807) is 0 Å². The molecule has 0 spiro atoms. The minimum absolute atomic E-state index is 0.0843. The first-order valence-corrected chi connectivity index (χ1v) is 7.56. The second-order valence-corrected chi connectivity index (χ2v) is 5.71. The number of hydroxylamine groups is 2. The lowest BCUT2D eigenvalue weighted by Crippen LogP contribution is -2.24. The molecule has 2 aromatic carbocycles. The van der Waals surface area contributed by atoms with Crippen LogP contribution in [-0.4, -0.2) is 18.0 Å². The van der Waals surface area contributed by atoms with Gasteiger partial charge in [-0.3, -0.25) is 4.84 Å². The molecule has 3 atom stereocenters. The van der Waals surface area contributed by atoms with Crippen LogP contribution in [0.15, 0.2) is 60.7 Å². The van der Waals surface area contributed by atoms with Gasteiger partial charge in [-0.2, -0.15) is 5.06 Å². The second kappa shape index (κ2) is 5.60. The molecule has 2 aromatic rings. The van der Waals surface area contributed by atoms with E-state index in [0.29, 0.717) is 5.92 Å². The number of hydrogen-bond donors (Lipinski definition) is 0. The molecule has 0 amide bonds. The van der Waals surface area contributed by atoms with Crippen LogP contribution in [0.3, 0.4) is 0 Å². The molecular weight excluding hydrogens is 262 g/mol. The fourth-order valence-corrected chi connectivity index (χ4v) is 3.37. The van der Waals surface area contributed by atoms with Crippen LogP contribution in [0, 0.1) is 5.92 Å². The lowest BCUT2D eigenvalue weighted by molar-refractivity contribution is -0.238. The van der Waals surface area contributed by atoms with Crippen molar-refractivity contribution in [3.05, 3.63) is 71.8 Å². The first-order valence-electron chi connectivity index (χ1n) is 7.56. The van der Waals surface area contributed by atoms with Gasteiger partial charge in [0.25, 0.3) is 0 Å². The highest BCUT2D eigenvalue weighted by Gasteiger charge is 2.47. The van der Waals surface area contributed by atoms with E-state index in [2.05, 4.69) is 59.7 Å². The predicted octanol–water partition coefficient (Wildman–Crippen LogP) is 3.54. The van der Waals surface area contributed by atoms with Crippen molar-refractivity contribution >= 4 is 0 Å². The Balaban J connectivity index is 1.62. The number of rotatable bonds is 3. The Morgan fingerprint density at radius 1 is 0.952 bits per heavy atom. The fraction of sp³-hybridized carbons (Fsp3) is 0.333. The molecule has 2 aliphatic rings. The standard InChI is InChI=1S/C18H19NO2/c1-3-7-14(8-4-1)13-19-17(15-9-5-2-6-10-15)16-11-12-20-18(16)21-19/h1-10,16-18H,11-13H2/t16-,17+,18+/m1/s1. The van der Waals surface area contributed by atoms with E-state index >= 15 is 0 Å². The van der Waals surface area contributed by atoms with Gasteiger partial charge in [-0.25, -0.2) is 0 Å². The Bertz CT molecular complexity index is 587. The minimum Gasteiger partial charge on any atom is -0.350 e. The highest BCUT2D eigenvalue weighted by atomic mass is 16.8. The Labute approximate surface area is 125 Å². The number of nitrogens with zero attached hydrogens (tertiary/aromatic N) is 1. The van der Waals surface area contributed by atoms with Crippen LogP contribution < -0.4 is 0 Å². The van der Waals surface area contributed by atoms with Crippen molar-refractivity contribution in [2.24, 2.45) is 5.92 Å². The number of ether oxygens (including phenoxy) is 1. The Kier molecular flexibility index (Phi) is 3.47. The first kappa shape index (κ1) is 13.0. The summed E-state index contributed by atoms with van der Waals surface area (Å²) in [5, 5.41) is 2.10. The van der Waals surface area contributed by atoms with E-state index in [9.17, 15) is 0 Å². The molecule has 0 unspecified atom stereocenters. The van der Waals surface area contributed by atoms with Gasteiger partial charge in [-0.15, -0.1) is 0 Å². The van der Waals surface area contributed by atoms with Gasteiger partial charge in [0, 0.05) is 12.5 Å². The highest BCUT2D eigenvalue weighted by molar-refractivity contribution is 5.22. The third-order valence-electron chi connectivity index (χ3n) is 4.36. The van der Waals surface area contributed by atoms with Crippen molar-refractivity contribution in [3.63, 3.8) is 0 Å². The van der Waals surface area contributed by atoms with Gasteiger partial charge in [-0.05, 0) is 17.5 Å². The van der Waals surface area contributed by atoms with Crippen LogP contribution in [0.4, 0.5) is 0 Å².